The number of carbonyl (C=O) groups excluding carboxylic acids is 1. The van der Waals surface area contributed by atoms with Gasteiger partial charge in [-0.25, -0.2) is 8.42 Å². The first-order chi connectivity index (χ1) is 13.9. The minimum atomic E-state index is -3.77. The minimum absolute atomic E-state index is 0.325. The molecule has 162 valence electrons. The third-order valence-corrected chi connectivity index (χ3v) is 7.11. The molecule has 1 amide bonds. The smallest absolute Gasteiger partial charge is 0.241 e. The van der Waals surface area contributed by atoms with Gasteiger partial charge in [0.2, 0.25) is 15.9 Å². The highest BCUT2D eigenvalue weighted by atomic mass is 32.2. The summed E-state index contributed by atoms with van der Waals surface area (Å²) in [5.74, 6) is -1.12. The third-order valence-electron chi connectivity index (χ3n) is 5.92. The van der Waals surface area contributed by atoms with Gasteiger partial charge in [-0.05, 0) is 56.4 Å². The molecule has 0 spiro atoms. The van der Waals surface area contributed by atoms with Crippen molar-refractivity contribution in [2.45, 2.75) is 63.3 Å². The lowest BCUT2D eigenvalue weighted by atomic mass is 9.91. The molecule has 1 aliphatic heterocycles. The first kappa shape index (κ1) is 21.9. The number of carbonyl (C=O) groups is 1. The van der Waals surface area contributed by atoms with Crippen molar-refractivity contribution >= 4 is 27.3 Å². The van der Waals surface area contributed by atoms with E-state index in [1.165, 1.54) is 32.1 Å². The summed E-state index contributed by atoms with van der Waals surface area (Å²) in [6.45, 7) is 2.40. The van der Waals surface area contributed by atoms with E-state index in [9.17, 15) is 13.2 Å². The Morgan fingerprint density at radius 3 is 2.17 bits per heavy atom. The number of amides is 1. The average molecular weight is 423 g/mol. The molecule has 1 aromatic rings. The molecule has 8 heteroatoms. The molecule has 2 aliphatic rings. The number of hydrogen-bond donors (Lipinski definition) is 3. The molecule has 1 aromatic carbocycles. The van der Waals surface area contributed by atoms with Gasteiger partial charge in [-0.3, -0.25) is 9.52 Å². The van der Waals surface area contributed by atoms with Crippen LogP contribution < -0.4 is 20.7 Å². The first-order valence-electron chi connectivity index (χ1n) is 10.8. The summed E-state index contributed by atoms with van der Waals surface area (Å²) < 4.78 is 27.2. The molecule has 7 nitrogen and oxygen atoms in total. The number of nitrogens with zero attached hydrogens (tertiary/aromatic N) is 1. The molecule has 0 radical (unpaired) electrons. The zero-order valence-electron chi connectivity index (χ0n) is 17.2. The van der Waals surface area contributed by atoms with Gasteiger partial charge < -0.3 is 16.0 Å². The maximum absolute atomic E-state index is 12.4. The van der Waals surface area contributed by atoms with Crippen molar-refractivity contribution in [3.8, 4) is 0 Å². The van der Waals surface area contributed by atoms with E-state index in [1.54, 1.807) is 12.1 Å². The van der Waals surface area contributed by atoms with Gasteiger partial charge in [-0.2, -0.15) is 0 Å². The van der Waals surface area contributed by atoms with Crippen LogP contribution in [0.4, 0.5) is 11.4 Å². The number of sulfonamides is 1. The number of rotatable bonds is 7. The van der Waals surface area contributed by atoms with E-state index in [1.807, 2.05) is 12.1 Å². The van der Waals surface area contributed by atoms with Crippen LogP contribution in [0.25, 0.3) is 0 Å². The molecule has 0 atom stereocenters. The van der Waals surface area contributed by atoms with Crippen LogP contribution in [0.3, 0.4) is 0 Å². The van der Waals surface area contributed by atoms with Gasteiger partial charge in [0.05, 0.1) is 0 Å². The summed E-state index contributed by atoms with van der Waals surface area (Å²) in [6, 6.07) is 7.35. The highest BCUT2D eigenvalue weighted by Gasteiger charge is 2.27. The normalized spacial score (nSPS) is 20.0. The predicted octanol–water partition coefficient (Wildman–Crippen LogP) is 2.59. The van der Waals surface area contributed by atoms with Gasteiger partial charge in [0.25, 0.3) is 0 Å². The molecule has 0 unspecified atom stereocenters. The Bertz CT molecular complexity index is 766. The van der Waals surface area contributed by atoms with Crippen LogP contribution >= 0.6 is 0 Å². The SMILES string of the molecule is NC1(CNC(=O)CS(=O)(=O)Nc2ccc(N3CCCCC3)cc2)CCCCCC1. The standard InChI is InChI=1S/C21H34N4O3S/c22-21(12-4-1-2-5-13-21)17-23-20(26)16-29(27,28)24-18-8-10-19(11-9-18)25-14-6-3-7-15-25/h8-11,24H,1-7,12-17,22H2,(H,23,26). The Morgan fingerprint density at radius 2 is 1.55 bits per heavy atom. The minimum Gasteiger partial charge on any atom is -0.372 e. The van der Waals surface area contributed by atoms with Crippen molar-refractivity contribution in [1.82, 2.24) is 5.32 Å². The second kappa shape index (κ2) is 9.80. The van der Waals surface area contributed by atoms with Crippen molar-refractivity contribution in [2.24, 2.45) is 5.73 Å². The van der Waals surface area contributed by atoms with Crippen molar-refractivity contribution in [1.29, 1.82) is 0 Å². The molecular formula is C21H34N4O3S. The Morgan fingerprint density at radius 1 is 0.966 bits per heavy atom. The zero-order valence-corrected chi connectivity index (χ0v) is 18.0. The third kappa shape index (κ3) is 6.89. The van der Waals surface area contributed by atoms with E-state index in [4.69, 9.17) is 5.73 Å². The van der Waals surface area contributed by atoms with Crippen LogP contribution in [-0.2, 0) is 14.8 Å². The lowest BCUT2D eigenvalue weighted by molar-refractivity contribution is -0.118. The molecule has 2 fully saturated rings. The highest BCUT2D eigenvalue weighted by molar-refractivity contribution is 7.93. The Balaban J connectivity index is 1.49. The molecule has 1 heterocycles. The van der Waals surface area contributed by atoms with Crippen LogP contribution in [-0.4, -0.2) is 45.3 Å². The van der Waals surface area contributed by atoms with Crippen LogP contribution in [0.15, 0.2) is 24.3 Å². The van der Waals surface area contributed by atoms with Gasteiger partial charge in [0.1, 0.15) is 5.75 Å². The van der Waals surface area contributed by atoms with E-state index in [2.05, 4.69) is 14.9 Å². The zero-order chi connectivity index (χ0) is 20.7. The number of nitrogens with one attached hydrogen (secondary N) is 2. The summed E-state index contributed by atoms with van der Waals surface area (Å²) in [7, 11) is -3.77. The monoisotopic (exact) mass is 422 g/mol. The maximum atomic E-state index is 12.4. The van der Waals surface area contributed by atoms with Crippen LogP contribution in [0.1, 0.15) is 57.8 Å². The molecule has 0 bridgehead atoms. The lowest BCUT2D eigenvalue weighted by Crippen LogP contribution is -2.50. The van der Waals surface area contributed by atoms with E-state index < -0.39 is 27.2 Å². The number of benzene rings is 1. The van der Waals surface area contributed by atoms with Crippen LogP contribution in [0.5, 0.6) is 0 Å². The fraction of sp³-hybridized carbons (Fsp3) is 0.667. The fourth-order valence-electron chi connectivity index (χ4n) is 4.22. The van der Waals surface area contributed by atoms with Gasteiger partial charge in [-0.1, -0.05) is 25.7 Å². The van der Waals surface area contributed by atoms with Crippen LogP contribution in [0, 0.1) is 0 Å². The number of nitrogens with two attached hydrogens (primary N) is 1. The van der Waals surface area contributed by atoms with E-state index in [0.717, 1.165) is 44.5 Å². The summed E-state index contributed by atoms with van der Waals surface area (Å²) in [5.41, 5.74) is 7.53. The molecule has 1 saturated carbocycles. The average Bonchev–Trinajstić information content (AvgIpc) is 2.92. The highest BCUT2D eigenvalue weighted by Crippen LogP contribution is 2.24. The summed E-state index contributed by atoms with van der Waals surface area (Å²) in [6.07, 6.45) is 9.81. The molecule has 3 rings (SSSR count). The maximum Gasteiger partial charge on any atom is 0.241 e. The van der Waals surface area contributed by atoms with Crippen molar-refractivity contribution < 1.29 is 13.2 Å². The van der Waals surface area contributed by atoms with E-state index in [0.29, 0.717) is 12.2 Å². The summed E-state index contributed by atoms with van der Waals surface area (Å²) >= 11 is 0. The van der Waals surface area contributed by atoms with E-state index in [-0.39, 0.29) is 0 Å². The van der Waals surface area contributed by atoms with Gasteiger partial charge in [-0.15, -0.1) is 0 Å². The molecule has 4 N–H and O–H groups in total. The Kier molecular flexibility index (Phi) is 7.40. The van der Waals surface area contributed by atoms with Crippen molar-refractivity contribution in [3.63, 3.8) is 0 Å². The number of anilines is 2. The van der Waals surface area contributed by atoms with E-state index >= 15 is 0 Å². The van der Waals surface area contributed by atoms with Crippen LogP contribution in [0.2, 0.25) is 0 Å². The van der Waals surface area contributed by atoms with Gasteiger partial charge >= 0.3 is 0 Å². The molecular weight excluding hydrogens is 388 g/mol. The first-order valence-corrected chi connectivity index (χ1v) is 12.4. The molecule has 29 heavy (non-hydrogen) atoms. The predicted molar refractivity (Wildman–Crippen MR) is 118 cm³/mol. The van der Waals surface area contributed by atoms with Gasteiger partial charge in [0, 0.05) is 36.5 Å². The van der Waals surface area contributed by atoms with Crippen molar-refractivity contribution in [2.75, 3.05) is 35.0 Å². The number of piperidine rings is 1. The summed E-state index contributed by atoms with van der Waals surface area (Å²) in [4.78, 5) is 14.5. The molecule has 1 saturated heterocycles. The quantitative estimate of drug-likeness (QED) is 0.586. The summed E-state index contributed by atoms with van der Waals surface area (Å²) in [5, 5.41) is 2.72. The van der Waals surface area contributed by atoms with Gasteiger partial charge in [0.15, 0.2) is 0 Å². The molecule has 0 aromatic heterocycles. The topological polar surface area (TPSA) is 105 Å². The second-order valence-corrected chi connectivity index (χ2v) is 10.2. The lowest BCUT2D eigenvalue weighted by Gasteiger charge is -2.29. The Hall–Kier alpha value is -1.80. The number of hydrogen-bond acceptors (Lipinski definition) is 5. The Labute approximate surface area is 174 Å². The largest absolute Gasteiger partial charge is 0.372 e. The second-order valence-electron chi connectivity index (χ2n) is 8.51. The van der Waals surface area contributed by atoms with Crippen molar-refractivity contribution in [3.05, 3.63) is 24.3 Å². The molecule has 1 aliphatic carbocycles. The fourth-order valence-corrected chi connectivity index (χ4v) is 5.23.